The van der Waals surface area contributed by atoms with Gasteiger partial charge in [-0.3, -0.25) is 0 Å². The highest BCUT2D eigenvalue weighted by Gasteiger charge is 2.34. The summed E-state index contributed by atoms with van der Waals surface area (Å²) in [6, 6.07) is 0. The molecule has 60 valence electrons. The lowest BCUT2D eigenvalue weighted by Crippen LogP contribution is -2.29. The SMILES string of the molecule is NC[C@@H]1CCO[C@@H]1C(F)F. The molecule has 0 bridgehead atoms. The summed E-state index contributed by atoms with van der Waals surface area (Å²) in [7, 11) is 0. The van der Waals surface area contributed by atoms with Crippen molar-refractivity contribution in [2.24, 2.45) is 11.7 Å². The maximum atomic E-state index is 12.0. The summed E-state index contributed by atoms with van der Waals surface area (Å²) < 4.78 is 28.8. The van der Waals surface area contributed by atoms with Gasteiger partial charge in [-0.15, -0.1) is 0 Å². The zero-order chi connectivity index (χ0) is 7.56. The van der Waals surface area contributed by atoms with Gasteiger partial charge in [-0.05, 0) is 13.0 Å². The van der Waals surface area contributed by atoms with Gasteiger partial charge in [-0.1, -0.05) is 0 Å². The largest absolute Gasteiger partial charge is 0.372 e. The second-order valence-electron chi connectivity index (χ2n) is 2.45. The Morgan fingerprint density at radius 3 is 2.70 bits per heavy atom. The molecule has 1 aliphatic rings. The van der Waals surface area contributed by atoms with Crippen molar-refractivity contribution >= 4 is 0 Å². The summed E-state index contributed by atoms with van der Waals surface area (Å²) in [6.07, 6.45) is -2.62. The molecule has 0 aliphatic carbocycles. The summed E-state index contributed by atoms with van der Waals surface area (Å²) in [5.41, 5.74) is 5.25. The van der Waals surface area contributed by atoms with Crippen LogP contribution in [0.25, 0.3) is 0 Å². The Morgan fingerprint density at radius 1 is 1.60 bits per heavy atom. The first kappa shape index (κ1) is 7.88. The van der Waals surface area contributed by atoms with Crippen LogP contribution in [0.3, 0.4) is 0 Å². The normalized spacial score (nSPS) is 33.6. The molecule has 0 aromatic rings. The van der Waals surface area contributed by atoms with E-state index in [1.54, 1.807) is 0 Å². The highest BCUT2D eigenvalue weighted by Crippen LogP contribution is 2.24. The third kappa shape index (κ3) is 1.44. The third-order valence-corrected chi connectivity index (χ3v) is 1.81. The monoisotopic (exact) mass is 151 g/mol. The van der Waals surface area contributed by atoms with Gasteiger partial charge >= 0.3 is 0 Å². The van der Waals surface area contributed by atoms with Crippen molar-refractivity contribution in [3.8, 4) is 0 Å². The maximum Gasteiger partial charge on any atom is 0.264 e. The second kappa shape index (κ2) is 3.25. The fraction of sp³-hybridized carbons (Fsp3) is 1.00. The number of halogens is 2. The predicted molar refractivity (Wildman–Crippen MR) is 32.9 cm³/mol. The highest BCUT2D eigenvalue weighted by atomic mass is 19.3. The number of hydrogen-bond donors (Lipinski definition) is 1. The molecule has 2 N–H and O–H groups in total. The Kier molecular flexibility index (Phi) is 2.56. The Bertz CT molecular complexity index is 110. The second-order valence-corrected chi connectivity index (χ2v) is 2.45. The van der Waals surface area contributed by atoms with Crippen molar-refractivity contribution in [3.05, 3.63) is 0 Å². The van der Waals surface area contributed by atoms with Crippen LogP contribution in [-0.4, -0.2) is 25.7 Å². The van der Waals surface area contributed by atoms with Crippen LogP contribution in [0.2, 0.25) is 0 Å². The lowest BCUT2D eigenvalue weighted by Gasteiger charge is -2.14. The van der Waals surface area contributed by atoms with Gasteiger partial charge in [0.2, 0.25) is 0 Å². The molecule has 1 saturated heterocycles. The van der Waals surface area contributed by atoms with Crippen molar-refractivity contribution in [1.82, 2.24) is 0 Å². The van der Waals surface area contributed by atoms with Crippen molar-refractivity contribution in [1.29, 1.82) is 0 Å². The van der Waals surface area contributed by atoms with Crippen LogP contribution < -0.4 is 5.73 Å². The van der Waals surface area contributed by atoms with Gasteiger partial charge < -0.3 is 10.5 Å². The first-order valence-electron chi connectivity index (χ1n) is 3.35. The van der Waals surface area contributed by atoms with Gasteiger partial charge in [0, 0.05) is 12.5 Å². The Morgan fingerprint density at radius 2 is 2.30 bits per heavy atom. The molecule has 4 heteroatoms. The molecular weight excluding hydrogens is 140 g/mol. The van der Waals surface area contributed by atoms with Gasteiger partial charge in [-0.2, -0.15) is 0 Å². The smallest absolute Gasteiger partial charge is 0.264 e. The standard InChI is InChI=1S/C6H11F2NO/c7-6(8)5-4(3-9)1-2-10-5/h4-6H,1-3,9H2/t4-,5-/m0/s1. The van der Waals surface area contributed by atoms with Gasteiger partial charge in [0.25, 0.3) is 6.43 Å². The van der Waals surface area contributed by atoms with E-state index in [2.05, 4.69) is 0 Å². The highest BCUT2D eigenvalue weighted by molar-refractivity contribution is 4.78. The van der Waals surface area contributed by atoms with Crippen LogP contribution in [0.1, 0.15) is 6.42 Å². The van der Waals surface area contributed by atoms with E-state index in [9.17, 15) is 8.78 Å². The van der Waals surface area contributed by atoms with Crippen molar-refractivity contribution in [2.45, 2.75) is 19.0 Å². The van der Waals surface area contributed by atoms with Crippen molar-refractivity contribution < 1.29 is 13.5 Å². The van der Waals surface area contributed by atoms with Gasteiger partial charge in [0.15, 0.2) is 0 Å². The fourth-order valence-corrected chi connectivity index (χ4v) is 1.19. The summed E-state index contributed by atoms with van der Waals surface area (Å²) in [6.45, 7) is 0.728. The molecule has 0 radical (unpaired) electrons. The summed E-state index contributed by atoms with van der Waals surface area (Å²) >= 11 is 0. The van der Waals surface area contributed by atoms with E-state index < -0.39 is 12.5 Å². The average molecular weight is 151 g/mol. The number of rotatable bonds is 2. The molecule has 10 heavy (non-hydrogen) atoms. The molecule has 2 atom stereocenters. The van der Waals surface area contributed by atoms with E-state index in [0.29, 0.717) is 19.6 Å². The molecule has 1 rings (SSSR count). The lowest BCUT2D eigenvalue weighted by atomic mass is 10.0. The Labute approximate surface area is 58.3 Å². The number of ether oxygens (including phenoxy) is 1. The molecule has 0 amide bonds. The molecular formula is C6H11F2NO. The number of hydrogen-bond acceptors (Lipinski definition) is 2. The molecule has 1 aliphatic heterocycles. The van der Waals surface area contributed by atoms with Gasteiger partial charge in [-0.25, -0.2) is 8.78 Å². The minimum absolute atomic E-state index is 0.139. The van der Waals surface area contributed by atoms with Crippen LogP contribution in [0.4, 0.5) is 8.78 Å². The molecule has 0 aromatic heterocycles. The Hall–Kier alpha value is -0.220. The number of nitrogens with two attached hydrogens (primary N) is 1. The molecule has 0 aromatic carbocycles. The summed E-state index contributed by atoms with van der Waals surface area (Å²) in [4.78, 5) is 0. The summed E-state index contributed by atoms with van der Waals surface area (Å²) in [5, 5.41) is 0. The molecule has 0 unspecified atom stereocenters. The lowest BCUT2D eigenvalue weighted by molar-refractivity contribution is -0.0379. The minimum Gasteiger partial charge on any atom is -0.372 e. The van der Waals surface area contributed by atoms with E-state index >= 15 is 0 Å². The van der Waals surface area contributed by atoms with Crippen LogP contribution in [0.15, 0.2) is 0 Å². The Balaban J connectivity index is 2.42. The minimum atomic E-state index is -2.38. The van der Waals surface area contributed by atoms with E-state index in [4.69, 9.17) is 10.5 Å². The molecule has 1 heterocycles. The van der Waals surface area contributed by atoms with Gasteiger partial charge in [0.05, 0.1) is 0 Å². The van der Waals surface area contributed by atoms with Crippen LogP contribution in [-0.2, 0) is 4.74 Å². The van der Waals surface area contributed by atoms with Gasteiger partial charge in [0.1, 0.15) is 6.10 Å². The van der Waals surface area contributed by atoms with E-state index in [1.165, 1.54) is 0 Å². The maximum absolute atomic E-state index is 12.0. The average Bonchev–Trinajstić information content (AvgIpc) is 2.33. The van der Waals surface area contributed by atoms with Crippen LogP contribution >= 0.6 is 0 Å². The first-order chi connectivity index (χ1) is 4.75. The predicted octanol–water partition coefficient (Wildman–Crippen LogP) is 0.615. The zero-order valence-electron chi connectivity index (χ0n) is 5.59. The zero-order valence-corrected chi connectivity index (χ0v) is 5.59. The first-order valence-corrected chi connectivity index (χ1v) is 3.35. The van der Waals surface area contributed by atoms with E-state index in [-0.39, 0.29) is 5.92 Å². The molecule has 0 saturated carbocycles. The third-order valence-electron chi connectivity index (χ3n) is 1.81. The summed E-state index contributed by atoms with van der Waals surface area (Å²) in [5.74, 6) is -0.139. The molecule has 0 spiro atoms. The van der Waals surface area contributed by atoms with Crippen molar-refractivity contribution in [2.75, 3.05) is 13.2 Å². The molecule has 1 fully saturated rings. The van der Waals surface area contributed by atoms with Crippen molar-refractivity contribution in [3.63, 3.8) is 0 Å². The van der Waals surface area contributed by atoms with Crippen LogP contribution in [0, 0.1) is 5.92 Å². The van der Waals surface area contributed by atoms with E-state index in [0.717, 1.165) is 0 Å². The topological polar surface area (TPSA) is 35.2 Å². The van der Waals surface area contributed by atoms with Crippen LogP contribution in [0.5, 0.6) is 0 Å². The number of alkyl halides is 2. The molecule has 2 nitrogen and oxygen atoms in total. The van der Waals surface area contributed by atoms with E-state index in [1.807, 2.05) is 0 Å². The fourth-order valence-electron chi connectivity index (χ4n) is 1.19. The quantitative estimate of drug-likeness (QED) is 0.627.